The van der Waals surface area contributed by atoms with Gasteiger partial charge in [0.25, 0.3) is 0 Å². The van der Waals surface area contributed by atoms with Crippen molar-refractivity contribution in [3.63, 3.8) is 0 Å². The lowest BCUT2D eigenvalue weighted by atomic mass is 10.1. The maximum atomic E-state index is 5.34. The first kappa shape index (κ1) is 13.9. The second kappa shape index (κ2) is 10.0. The minimum Gasteiger partial charge on any atom is -0.0849 e. The predicted octanol–water partition coefficient (Wildman–Crippen LogP) is 5.61. The van der Waals surface area contributed by atoms with Gasteiger partial charge in [0, 0.05) is 4.86 Å². The van der Waals surface area contributed by atoms with Gasteiger partial charge in [-0.3, -0.25) is 0 Å². The molecule has 16 heavy (non-hydrogen) atoms. The molecule has 0 spiro atoms. The van der Waals surface area contributed by atoms with Crippen LogP contribution in [0.5, 0.6) is 0 Å². The average Bonchev–Trinajstić information content (AvgIpc) is 2.29. The lowest BCUT2D eigenvalue weighted by Gasteiger charge is -2.01. The van der Waals surface area contributed by atoms with Gasteiger partial charge in [-0.15, -0.1) is 0 Å². The number of allylic oxidation sites excluding steroid dienone is 2. The summed E-state index contributed by atoms with van der Waals surface area (Å²) in [6, 6.07) is 0. The molecule has 1 rings (SSSR count). The molecule has 0 bridgehead atoms. The maximum absolute atomic E-state index is 5.34. The Morgan fingerprint density at radius 3 is 1.81 bits per heavy atom. The number of rotatable bonds is 0. The van der Waals surface area contributed by atoms with E-state index in [0.717, 1.165) is 11.3 Å². The van der Waals surface area contributed by atoms with Crippen molar-refractivity contribution >= 4 is 17.1 Å². The van der Waals surface area contributed by atoms with Crippen molar-refractivity contribution < 1.29 is 0 Å². The zero-order chi connectivity index (χ0) is 11.5. The molecule has 0 unspecified atom stereocenters. The molecule has 0 saturated heterocycles. The fourth-order valence-corrected chi connectivity index (χ4v) is 2.51. The van der Waals surface area contributed by atoms with Crippen molar-refractivity contribution in [3.8, 4) is 0 Å². The third kappa shape index (κ3) is 8.04. The van der Waals surface area contributed by atoms with Gasteiger partial charge in [-0.1, -0.05) is 75.7 Å². The van der Waals surface area contributed by atoms with Gasteiger partial charge in [-0.05, 0) is 25.7 Å². The summed E-state index contributed by atoms with van der Waals surface area (Å²) in [5, 5.41) is 0. The molecule has 0 nitrogen and oxygen atoms in total. The van der Waals surface area contributed by atoms with Crippen LogP contribution in [0.3, 0.4) is 0 Å². The van der Waals surface area contributed by atoms with E-state index in [4.69, 9.17) is 12.2 Å². The summed E-state index contributed by atoms with van der Waals surface area (Å²) in [7, 11) is 0. The van der Waals surface area contributed by atoms with E-state index in [-0.39, 0.29) is 0 Å². The predicted molar refractivity (Wildman–Crippen MR) is 77.1 cm³/mol. The molecule has 0 aliphatic heterocycles. The van der Waals surface area contributed by atoms with Crippen molar-refractivity contribution in [2.75, 3.05) is 0 Å². The first-order chi connectivity index (χ1) is 7.89. The monoisotopic (exact) mass is 238 g/mol. The van der Waals surface area contributed by atoms with Gasteiger partial charge in [0.15, 0.2) is 0 Å². The quantitative estimate of drug-likeness (QED) is 0.494. The van der Waals surface area contributed by atoms with Crippen molar-refractivity contribution in [2.45, 2.75) is 77.0 Å². The van der Waals surface area contributed by atoms with Crippen molar-refractivity contribution in [1.29, 1.82) is 0 Å². The van der Waals surface area contributed by atoms with E-state index in [1.54, 1.807) is 0 Å². The van der Waals surface area contributed by atoms with E-state index >= 15 is 0 Å². The number of hydrogen-bond donors (Lipinski definition) is 0. The highest BCUT2D eigenvalue weighted by Crippen LogP contribution is 2.13. The summed E-state index contributed by atoms with van der Waals surface area (Å²) in [5.41, 5.74) is 0. The topological polar surface area (TPSA) is 0 Å². The Morgan fingerprint density at radius 1 is 0.688 bits per heavy atom. The molecular formula is C15H26S. The highest BCUT2D eigenvalue weighted by Gasteiger charge is 1.96. The van der Waals surface area contributed by atoms with Crippen LogP contribution in [-0.2, 0) is 0 Å². The molecule has 1 heteroatoms. The largest absolute Gasteiger partial charge is 0.0849 e. The van der Waals surface area contributed by atoms with Gasteiger partial charge in [-0.25, -0.2) is 0 Å². The smallest absolute Gasteiger partial charge is 0.0149 e. The highest BCUT2D eigenvalue weighted by molar-refractivity contribution is 7.80. The third-order valence-electron chi connectivity index (χ3n) is 3.35. The molecule has 0 N–H and O–H groups in total. The minimum absolute atomic E-state index is 1.13. The normalized spacial score (nSPS) is 24.4. The molecule has 0 atom stereocenters. The summed E-state index contributed by atoms with van der Waals surface area (Å²) < 4.78 is 0. The summed E-state index contributed by atoms with van der Waals surface area (Å²) in [6.07, 6.45) is 20.8. The van der Waals surface area contributed by atoms with E-state index in [9.17, 15) is 0 Å². The van der Waals surface area contributed by atoms with E-state index in [0.29, 0.717) is 0 Å². The molecule has 0 saturated carbocycles. The Bertz CT molecular complexity index is 205. The zero-order valence-electron chi connectivity index (χ0n) is 10.5. The molecule has 0 amide bonds. The van der Waals surface area contributed by atoms with Crippen molar-refractivity contribution in [1.82, 2.24) is 0 Å². The van der Waals surface area contributed by atoms with E-state index in [1.807, 2.05) is 0 Å². The molecule has 0 fully saturated rings. The summed E-state index contributed by atoms with van der Waals surface area (Å²) in [5.74, 6) is 0. The third-order valence-corrected chi connectivity index (χ3v) is 3.69. The Kier molecular flexibility index (Phi) is 8.70. The Labute approximate surface area is 107 Å². The van der Waals surface area contributed by atoms with E-state index < -0.39 is 0 Å². The molecule has 0 aromatic heterocycles. The Balaban J connectivity index is 2.21. The molecule has 1 aliphatic carbocycles. The summed E-state index contributed by atoms with van der Waals surface area (Å²) >= 11 is 5.34. The molecule has 0 heterocycles. The van der Waals surface area contributed by atoms with Gasteiger partial charge in [0.2, 0.25) is 0 Å². The molecule has 0 aromatic carbocycles. The van der Waals surface area contributed by atoms with Crippen LogP contribution in [0.1, 0.15) is 77.0 Å². The molecule has 0 aromatic rings. The lowest BCUT2D eigenvalue weighted by molar-refractivity contribution is 0.556. The summed E-state index contributed by atoms with van der Waals surface area (Å²) in [4.78, 5) is 1.16. The van der Waals surface area contributed by atoms with Gasteiger partial charge in [-0.2, -0.15) is 0 Å². The van der Waals surface area contributed by atoms with Crippen LogP contribution < -0.4 is 0 Å². The first-order valence-electron chi connectivity index (χ1n) is 7.09. The first-order valence-corrected chi connectivity index (χ1v) is 7.50. The fraction of sp³-hybridized carbons (Fsp3) is 0.800. The van der Waals surface area contributed by atoms with E-state index in [2.05, 4.69) is 12.2 Å². The van der Waals surface area contributed by atoms with Crippen molar-refractivity contribution in [2.24, 2.45) is 0 Å². The van der Waals surface area contributed by atoms with Gasteiger partial charge in [0.05, 0.1) is 0 Å². The van der Waals surface area contributed by atoms with Gasteiger partial charge in [0.1, 0.15) is 0 Å². The van der Waals surface area contributed by atoms with Crippen LogP contribution in [0.25, 0.3) is 0 Å². The average molecular weight is 238 g/mol. The van der Waals surface area contributed by atoms with E-state index in [1.165, 1.54) is 70.6 Å². The molecule has 1 aliphatic rings. The molecular weight excluding hydrogens is 212 g/mol. The Morgan fingerprint density at radius 2 is 1.19 bits per heavy atom. The standard InChI is InChI=1S/C15H26S/c16-15-13-11-9-7-5-3-1-2-4-6-8-10-12-14-15/h11,13H,1-10,12,14H2/b13-11+. The second-order valence-electron chi connectivity index (χ2n) is 4.94. The van der Waals surface area contributed by atoms with Gasteiger partial charge >= 0.3 is 0 Å². The fourth-order valence-electron chi connectivity index (χ4n) is 2.27. The van der Waals surface area contributed by atoms with Crippen LogP contribution in [0.4, 0.5) is 0 Å². The van der Waals surface area contributed by atoms with Crippen LogP contribution in [0.15, 0.2) is 12.2 Å². The van der Waals surface area contributed by atoms with Crippen LogP contribution in [-0.4, -0.2) is 4.86 Å². The SMILES string of the molecule is S=C1/C=C/CCCCCCCCCCCC1. The lowest BCUT2D eigenvalue weighted by Crippen LogP contribution is -1.89. The highest BCUT2D eigenvalue weighted by atomic mass is 32.1. The minimum atomic E-state index is 1.13. The maximum Gasteiger partial charge on any atom is 0.0149 e. The molecule has 0 radical (unpaired) electrons. The van der Waals surface area contributed by atoms with Crippen LogP contribution in [0.2, 0.25) is 0 Å². The zero-order valence-corrected chi connectivity index (χ0v) is 11.4. The second-order valence-corrected chi connectivity index (χ2v) is 5.47. The Hall–Kier alpha value is -0.170. The van der Waals surface area contributed by atoms with Crippen LogP contribution in [0, 0.1) is 0 Å². The van der Waals surface area contributed by atoms with Crippen molar-refractivity contribution in [3.05, 3.63) is 12.2 Å². The number of thiocarbonyl (C=S) groups is 1. The number of hydrogen-bond acceptors (Lipinski definition) is 1. The van der Waals surface area contributed by atoms with Gasteiger partial charge < -0.3 is 0 Å². The molecule has 92 valence electrons. The van der Waals surface area contributed by atoms with Crippen LogP contribution >= 0.6 is 12.2 Å². The summed E-state index contributed by atoms with van der Waals surface area (Å²) in [6.45, 7) is 0.